The Bertz CT molecular complexity index is 270. The summed E-state index contributed by atoms with van der Waals surface area (Å²) in [5.74, 6) is 0.916. The Morgan fingerprint density at radius 2 is 2.33 bits per heavy atom. The maximum absolute atomic E-state index is 9.55. The molecule has 2 atom stereocenters. The van der Waals surface area contributed by atoms with E-state index in [1.807, 2.05) is 0 Å². The molecule has 0 aromatic carbocycles. The van der Waals surface area contributed by atoms with Gasteiger partial charge in [-0.1, -0.05) is 0 Å². The van der Waals surface area contributed by atoms with Crippen molar-refractivity contribution in [3.8, 4) is 0 Å². The lowest BCUT2D eigenvalue weighted by molar-refractivity contribution is 0.117. The van der Waals surface area contributed by atoms with Crippen molar-refractivity contribution in [3.05, 3.63) is 0 Å². The van der Waals surface area contributed by atoms with Crippen LogP contribution in [0.5, 0.6) is 0 Å². The predicted octanol–water partition coefficient (Wildman–Crippen LogP) is 0.815. The quantitative estimate of drug-likeness (QED) is 0.439. The molecule has 0 saturated carbocycles. The number of β-amino-alcohol motifs (C(OH)–C–C–N with tert-alkyl or cyclic N) is 1. The molecule has 0 radical (unpaired) electrons. The van der Waals surface area contributed by atoms with Crippen molar-refractivity contribution in [2.45, 2.75) is 38.4 Å². The summed E-state index contributed by atoms with van der Waals surface area (Å²) in [7, 11) is 0. The third kappa shape index (κ3) is 4.55. The van der Waals surface area contributed by atoms with Gasteiger partial charge in [0.05, 0.1) is 18.8 Å². The zero-order valence-electron chi connectivity index (χ0n) is 11.0. The Labute approximate surface area is 126 Å². The molecule has 0 amide bonds. The summed E-state index contributed by atoms with van der Waals surface area (Å²) in [5.41, 5.74) is 0. The van der Waals surface area contributed by atoms with E-state index in [2.05, 4.69) is 22.1 Å². The number of hydrogen-bond acceptors (Lipinski definition) is 3. The van der Waals surface area contributed by atoms with E-state index >= 15 is 0 Å². The predicted molar refractivity (Wildman–Crippen MR) is 82.6 cm³/mol. The number of aliphatic imine (C=N–C) groups is 1. The Balaban J connectivity index is 0.00000162. The molecule has 2 N–H and O–H groups in total. The monoisotopic (exact) mass is 369 g/mol. The van der Waals surface area contributed by atoms with Crippen LogP contribution >= 0.6 is 24.0 Å². The van der Waals surface area contributed by atoms with Gasteiger partial charge >= 0.3 is 0 Å². The SMILES string of the molecule is CCNC(=NCC1CCCO1)N1CC[C@@H](O)C1.I. The van der Waals surface area contributed by atoms with E-state index in [0.29, 0.717) is 6.54 Å². The summed E-state index contributed by atoms with van der Waals surface area (Å²) in [4.78, 5) is 6.74. The molecule has 2 rings (SSSR count). The zero-order valence-corrected chi connectivity index (χ0v) is 13.3. The van der Waals surface area contributed by atoms with Gasteiger partial charge in [-0.05, 0) is 26.2 Å². The lowest BCUT2D eigenvalue weighted by Crippen LogP contribution is -2.41. The normalized spacial score (nSPS) is 28.3. The molecule has 0 bridgehead atoms. The van der Waals surface area contributed by atoms with E-state index in [9.17, 15) is 5.11 Å². The van der Waals surface area contributed by atoms with Gasteiger partial charge in [-0.25, -0.2) is 0 Å². The summed E-state index contributed by atoms with van der Waals surface area (Å²) in [6, 6.07) is 0. The molecule has 0 aromatic rings. The molecule has 0 aromatic heterocycles. The number of rotatable bonds is 3. The highest BCUT2D eigenvalue weighted by atomic mass is 127. The maximum Gasteiger partial charge on any atom is 0.194 e. The molecule has 6 heteroatoms. The van der Waals surface area contributed by atoms with Gasteiger partial charge in [0.1, 0.15) is 0 Å². The van der Waals surface area contributed by atoms with Crippen LogP contribution in [0.4, 0.5) is 0 Å². The van der Waals surface area contributed by atoms with E-state index in [0.717, 1.165) is 51.5 Å². The molecule has 2 fully saturated rings. The molecular formula is C12H24IN3O2. The second-order valence-electron chi connectivity index (χ2n) is 4.72. The number of likely N-dealkylation sites (tertiary alicyclic amines) is 1. The van der Waals surface area contributed by atoms with Gasteiger partial charge in [-0.2, -0.15) is 0 Å². The number of nitrogens with one attached hydrogen (secondary N) is 1. The topological polar surface area (TPSA) is 57.1 Å². The van der Waals surface area contributed by atoms with Crippen LogP contribution in [0, 0.1) is 0 Å². The van der Waals surface area contributed by atoms with Crippen molar-refractivity contribution in [1.82, 2.24) is 10.2 Å². The average Bonchev–Trinajstić information content (AvgIpc) is 2.95. The second-order valence-corrected chi connectivity index (χ2v) is 4.72. The summed E-state index contributed by atoms with van der Waals surface area (Å²) >= 11 is 0. The van der Waals surface area contributed by atoms with Crippen LogP contribution in [0.15, 0.2) is 4.99 Å². The standard InChI is InChI=1S/C12H23N3O2.HI/c1-2-13-12(15-6-5-10(16)9-15)14-8-11-4-3-7-17-11;/h10-11,16H,2-9H2,1H3,(H,13,14);1H/t10-,11?;/m1./s1. The first-order valence-electron chi connectivity index (χ1n) is 6.62. The smallest absolute Gasteiger partial charge is 0.194 e. The van der Waals surface area contributed by atoms with E-state index in [1.165, 1.54) is 0 Å². The lowest BCUT2D eigenvalue weighted by atomic mass is 10.2. The largest absolute Gasteiger partial charge is 0.391 e. The molecule has 18 heavy (non-hydrogen) atoms. The van der Waals surface area contributed by atoms with Crippen molar-refractivity contribution in [3.63, 3.8) is 0 Å². The molecule has 2 saturated heterocycles. The van der Waals surface area contributed by atoms with Crippen LogP contribution in [0.2, 0.25) is 0 Å². The first-order valence-corrected chi connectivity index (χ1v) is 6.62. The van der Waals surface area contributed by atoms with E-state index in [1.54, 1.807) is 0 Å². The van der Waals surface area contributed by atoms with Crippen molar-refractivity contribution in [2.24, 2.45) is 4.99 Å². The number of ether oxygens (including phenoxy) is 1. The molecule has 0 aliphatic carbocycles. The van der Waals surface area contributed by atoms with Crippen molar-refractivity contribution in [2.75, 3.05) is 32.8 Å². The Morgan fingerprint density at radius 3 is 2.89 bits per heavy atom. The summed E-state index contributed by atoms with van der Waals surface area (Å²) in [6.07, 6.45) is 3.19. The summed E-state index contributed by atoms with van der Waals surface area (Å²) in [5, 5.41) is 12.8. The number of halogens is 1. The molecule has 5 nitrogen and oxygen atoms in total. The van der Waals surface area contributed by atoms with Gasteiger partial charge in [0, 0.05) is 26.2 Å². The summed E-state index contributed by atoms with van der Waals surface area (Å²) in [6.45, 7) is 6.11. The van der Waals surface area contributed by atoms with Gasteiger partial charge in [-0.15, -0.1) is 24.0 Å². The fraction of sp³-hybridized carbons (Fsp3) is 0.917. The molecule has 2 heterocycles. The van der Waals surface area contributed by atoms with Crippen molar-refractivity contribution >= 4 is 29.9 Å². The summed E-state index contributed by atoms with van der Waals surface area (Å²) < 4.78 is 5.56. The third-order valence-electron chi connectivity index (χ3n) is 3.27. The number of nitrogens with zero attached hydrogens (tertiary/aromatic N) is 2. The van der Waals surface area contributed by atoms with Crippen LogP contribution < -0.4 is 5.32 Å². The van der Waals surface area contributed by atoms with E-state index in [4.69, 9.17) is 4.74 Å². The van der Waals surface area contributed by atoms with E-state index < -0.39 is 0 Å². The third-order valence-corrected chi connectivity index (χ3v) is 3.27. The molecule has 1 unspecified atom stereocenters. The van der Waals surface area contributed by atoms with E-state index in [-0.39, 0.29) is 36.2 Å². The lowest BCUT2D eigenvalue weighted by Gasteiger charge is -2.21. The first-order chi connectivity index (χ1) is 8.29. The average molecular weight is 369 g/mol. The number of guanidine groups is 1. The fourth-order valence-electron chi connectivity index (χ4n) is 2.34. The van der Waals surface area contributed by atoms with Crippen molar-refractivity contribution in [1.29, 1.82) is 0 Å². The molecule has 106 valence electrons. The molecule has 2 aliphatic rings. The van der Waals surface area contributed by atoms with Gasteiger partial charge in [0.25, 0.3) is 0 Å². The number of aliphatic hydroxyl groups is 1. The van der Waals surface area contributed by atoms with Gasteiger partial charge in [-0.3, -0.25) is 4.99 Å². The van der Waals surface area contributed by atoms with Crippen LogP contribution in [0.1, 0.15) is 26.2 Å². The molecular weight excluding hydrogens is 345 g/mol. The van der Waals surface area contributed by atoms with Crippen molar-refractivity contribution < 1.29 is 9.84 Å². The Morgan fingerprint density at radius 1 is 1.50 bits per heavy atom. The molecule has 2 aliphatic heterocycles. The van der Waals surface area contributed by atoms with Gasteiger partial charge in [0.15, 0.2) is 5.96 Å². The minimum absolute atomic E-state index is 0. The molecule has 0 spiro atoms. The fourth-order valence-corrected chi connectivity index (χ4v) is 2.34. The maximum atomic E-state index is 9.55. The number of hydrogen-bond donors (Lipinski definition) is 2. The van der Waals surface area contributed by atoms with Crippen LogP contribution in [0.25, 0.3) is 0 Å². The van der Waals surface area contributed by atoms with Gasteiger partial charge in [0.2, 0.25) is 0 Å². The number of aliphatic hydroxyl groups excluding tert-OH is 1. The Kier molecular flexibility index (Phi) is 7.25. The van der Waals surface area contributed by atoms with Crippen LogP contribution in [-0.4, -0.2) is 61.0 Å². The van der Waals surface area contributed by atoms with Gasteiger partial charge < -0.3 is 20.1 Å². The highest BCUT2D eigenvalue weighted by molar-refractivity contribution is 14.0. The van der Waals surface area contributed by atoms with Crippen LogP contribution in [-0.2, 0) is 4.74 Å². The van der Waals surface area contributed by atoms with Crippen LogP contribution in [0.3, 0.4) is 0 Å². The minimum Gasteiger partial charge on any atom is -0.391 e. The Hall–Kier alpha value is -0.0800. The first kappa shape index (κ1) is 16.0. The second kappa shape index (κ2) is 8.16. The highest BCUT2D eigenvalue weighted by Gasteiger charge is 2.23. The highest BCUT2D eigenvalue weighted by Crippen LogP contribution is 2.13. The zero-order chi connectivity index (χ0) is 12.1. The minimum atomic E-state index is -0.207.